The van der Waals surface area contributed by atoms with Gasteiger partial charge in [0.15, 0.2) is 5.41 Å². The summed E-state index contributed by atoms with van der Waals surface area (Å²) in [4.78, 5) is 0. The maximum absolute atomic E-state index is 9.91. The Morgan fingerprint density at radius 1 is 1.16 bits per heavy atom. The minimum Gasteiger partial charge on any atom is -0.497 e. The van der Waals surface area contributed by atoms with E-state index in [2.05, 4.69) is 18.2 Å². The van der Waals surface area contributed by atoms with Crippen LogP contribution in [0.15, 0.2) is 47.2 Å². The topological polar surface area (TPSA) is 107 Å². The van der Waals surface area contributed by atoms with E-state index >= 15 is 0 Å². The standard InChI is InChI=1S/C20H18N4O/c1-25-14-8-6-13(7-9-14)18-16-5-3-2-4-15(16)17(10-21)19(24)20(18,11-22)12-23/h4,6-9,16,18H,2-3,5,24H2,1H3/t16-,18-/m1/s1. The molecule has 3 rings (SSSR count). The Morgan fingerprint density at radius 3 is 2.40 bits per heavy atom. The smallest absolute Gasteiger partial charge is 0.191 e. The zero-order valence-electron chi connectivity index (χ0n) is 14.0. The first kappa shape index (κ1) is 16.6. The molecule has 2 atom stereocenters. The van der Waals surface area contributed by atoms with Gasteiger partial charge in [0.05, 0.1) is 30.5 Å². The fourth-order valence-electron chi connectivity index (χ4n) is 4.06. The summed E-state index contributed by atoms with van der Waals surface area (Å²) < 4.78 is 5.20. The van der Waals surface area contributed by atoms with Crippen LogP contribution in [0.5, 0.6) is 5.75 Å². The number of hydrogen-bond donors (Lipinski definition) is 1. The summed E-state index contributed by atoms with van der Waals surface area (Å²) in [5.74, 6) is 0.236. The van der Waals surface area contributed by atoms with Crippen molar-refractivity contribution in [3.05, 3.63) is 52.7 Å². The Morgan fingerprint density at radius 2 is 1.84 bits per heavy atom. The fourth-order valence-corrected chi connectivity index (χ4v) is 4.06. The maximum Gasteiger partial charge on any atom is 0.191 e. The molecule has 1 aromatic carbocycles. The van der Waals surface area contributed by atoms with E-state index in [1.54, 1.807) is 7.11 Å². The molecular weight excluding hydrogens is 312 g/mol. The van der Waals surface area contributed by atoms with Crippen molar-refractivity contribution in [3.8, 4) is 24.0 Å². The van der Waals surface area contributed by atoms with Gasteiger partial charge in [0, 0.05) is 5.92 Å². The number of allylic oxidation sites excluding steroid dienone is 4. The van der Waals surface area contributed by atoms with E-state index < -0.39 is 11.3 Å². The lowest BCUT2D eigenvalue weighted by molar-refractivity contribution is 0.317. The first-order valence-corrected chi connectivity index (χ1v) is 8.20. The summed E-state index contributed by atoms with van der Waals surface area (Å²) in [6.45, 7) is 0. The first-order chi connectivity index (χ1) is 12.1. The van der Waals surface area contributed by atoms with E-state index in [4.69, 9.17) is 10.5 Å². The van der Waals surface area contributed by atoms with Gasteiger partial charge < -0.3 is 10.5 Å². The predicted molar refractivity (Wildman–Crippen MR) is 91.6 cm³/mol. The second-order valence-electron chi connectivity index (χ2n) is 6.38. The molecule has 0 spiro atoms. The number of ether oxygens (including phenoxy) is 1. The van der Waals surface area contributed by atoms with Gasteiger partial charge in [-0.2, -0.15) is 15.8 Å². The highest BCUT2D eigenvalue weighted by Gasteiger charge is 2.53. The Kier molecular flexibility index (Phi) is 4.22. The van der Waals surface area contributed by atoms with Crippen molar-refractivity contribution in [2.24, 2.45) is 17.1 Å². The number of hydrogen-bond acceptors (Lipinski definition) is 5. The fraction of sp³-hybridized carbons (Fsp3) is 0.350. The Labute approximate surface area is 147 Å². The van der Waals surface area contributed by atoms with Gasteiger partial charge in [0.1, 0.15) is 11.8 Å². The lowest BCUT2D eigenvalue weighted by atomic mass is 9.57. The molecule has 0 saturated heterocycles. The van der Waals surface area contributed by atoms with E-state index in [1.165, 1.54) is 0 Å². The van der Waals surface area contributed by atoms with E-state index in [0.29, 0.717) is 11.3 Å². The van der Waals surface area contributed by atoms with Crippen LogP contribution in [0.1, 0.15) is 30.7 Å². The molecule has 0 aliphatic heterocycles. The van der Waals surface area contributed by atoms with Crippen LogP contribution >= 0.6 is 0 Å². The van der Waals surface area contributed by atoms with Crippen LogP contribution in [0.25, 0.3) is 0 Å². The molecule has 2 aliphatic rings. The summed E-state index contributed by atoms with van der Waals surface area (Å²) in [7, 11) is 1.59. The minimum absolute atomic E-state index is 0.0663. The van der Waals surface area contributed by atoms with Crippen LogP contribution < -0.4 is 10.5 Å². The van der Waals surface area contributed by atoms with E-state index in [1.807, 2.05) is 30.3 Å². The van der Waals surface area contributed by atoms with E-state index in [9.17, 15) is 15.8 Å². The molecule has 0 bridgehead atoms. The minimum atomic E-state index is -1.54. The van der Waals surface area contributed by atoms with Crippen molar-refractivity contribution in [1.82, 2.24) is 0 Å². The van der Waals surface area contributed by atoms with Gasteiger partial charge in [0.2, 0.25) is 0 Å². The number of benzene rings is 1. The third-order valence-corrected chi connectivity index (χ3v) is 5.27. The third kappa shape index (κ3) is 2.35. The van der Waals surface area contributed by atoms with Crippen molar-refractivity contribution < 1.29 is 4.74 Å². The zero-order valence-corrected chi connectivity index (χ0v) is 14.0. The lowest BCUT2D eigenvalue weighted by Gasteiger charge is -2.43. The van der Waals surface area contributed by atoms with Gasteiger partial charge in [0.25, 0.3) is 0 Å². The normalized spacial score (nSPS) is 24.2. The van der Waals surface area contributed by atoms with Crippen LogP contribution in [0.3, 0.4) is 0 Å². The highest BCUT2D eigenvalue weighted by Crippen LogP contribution is 2.55. The molecule has 5 heteroatoms. The van der Waals surface area contributed by atoms with E-state index in [-0.39, 0.29) is 11.6 Å². The van der Waals surface area contributed by atoms with E-state index in [0.717, 1.165) is 30.4 Å². The number of fused-ring (bicyclic) bond motifs is 1. The van der Waals surface area contributed by atoms with Crippen LogP contribution in [-0.4, -0.2) is 7.11 Å². The number of nitriles is 3. The summed E-state index contributed by atoms with van der Waals surface area (Å²) in [6, 6.07) is 13.8. The van der Waals surface area contributed by atoms with Crippen LogP contribution in [0, 0.1) is 45.3 Å². The first-order valence-electron chi connectivity index (χ1n) is 8.20. The van der Waals surface area contributed by atoms with Crippen LogP contribution in [0.2, 0.25) is 0 Å². The molecule has 0 fully saturated rings. The van der Waals surface area contributed by atoms with Crippen molar-refractivity contribution >= 4 is 0 Å². The average Bonchev–Trinajstić information content (AvgIpc) is 2.67. The molecule has 2 aliphatic carbocycles. The van der Waals surface area contributed by atoms with Gasteiger partial charge in [-0.1, -0.05) is 18.2 Å². The number of nitrogens with two attached hydrogens (primary N) is 1. The molecule has 0 saturated carbocycles. The largest absolute Gasteiger partial charge is 0.497 e. The van der Waals surface area contributed by atoms with Gasteiger partial charge in [-0.25, -0.2) is 0 Å². The molecule has 0 aromatic heterocycles. The molecule has 0 radical (unpaired) electrons. The van der Waals surface area contributed by atoms with Crippen LogP contribution in [-0.2, 0) is 0 Å². The summed E-state index contributed by atoms with van der Waals surface area (Å²) >= 11 is 0. The van der Waals surface area contributed by atoms with Gasteiger partial charge in [-0.15, -0.1) is 0 Å². The summed E-state index contributed by atoms with van der Waals surface area (Å²) in [6.07, 6.45) is 4.71. The quantitative estimate of drug-likeness (QED) is 0.895. The SMILES string of the molecule is COc1ccc([C@@H]2[C@@H]3CCCC=C3C(C#N)=C(N)C2(C#N)C#N)cc1. The summed E-state index contributed by atoms with van der Waals surface area (Å²) in [5.41, 5.74) is 6.81. The van der Waals surface area contributed by atoms with Gasteiger partial charge in [-0.3, -0.25) is 0 Å². The molecule has 25 heavy (non-hydrogen) atoms. The highest BCUT2D eigenvalue weighted by atomic mass is 16.5. The Bertz CT molecular complexity index is 860. The third-order valence-electron chi connectivity index (χ3n) is 5.27. The lowest BCUT2D eigenvalue weighted by Crippen LogP contribution is -2.42. The van der Waals surface area contributed by atoms with Gasteiger partial charge >= 0.3 is 0 Å². The average molecular weight is 330 g/mol. The van der Waals surface area contributed by atoms with Crippen molar-refractivity contribution in [1.29, 1.82) is 15.8 Å². The number of rotatable bonds is 2. The molecule has 1 aromatic rings. The second-order valence-corrected chi connectivity index (χ2v) is 6.38. The Balaban J connectivity index is 2.27. The van der Waals surface area contributed by atoms with Crippen molar-refractivity contribution in [3.63, 3.8) is 0 Å². The monoisotopic (exact) mass is 330 g/mol. The van der Waals surface area contributed by atoms with Gasteiger partial charge in [-0.05, 0) is 48.4 Å². The van der Waals surface area contributed by atoms with Crippen LogP contribution in [0.4, 0.5) is 0 Å². The Hall–Kier alpha value is -3.23. The molecule has 124 valence electrons. The molecule has 0 amide bonds. The molecular formula is C20H18N4O. The molecule has 2 N–H and O–H groups in total. The summed E-state index contributed by atoms with van der Waals surface area (Å²) in [5, 5.41) is 29.4. The molecule has 0 heterocycles. The zero-order chi connectivity index (χ0) is 18.0. The number of methoxy groups -OCH3 is 1. The highest BCUT2D eigenvalue weighted by molar-refractivity contribution is 5.59. The second kappa shape index (κ2) is 6.34. The molecule has 5 nitrogen and oxygen atoms in total. The van der Waals surface area contributed by atoms with Crippen molar-refractivity contribution in [2.75, 3.05) is 7.11 Å². The maximum atomic E-state index is 9.91. The van der Waals surface area contributed by atoms with Crippen molar-refractivity contribution in [2.45, 2.75) is 25.2 Å². The predicted octanol–water partition coefficient (Wildman–Crippen LogP) is 3.29. The molecule has 0 unspecified atom stereocenters. The number of nitrogens with zero attached hydrogens (tertiary/aromatic N) is 3.